The Balaban J connectivity index is 2.20. The molecule has 1 N–H and O–H groups in total. The standard InChI is InChI=1S/C15H19BrF3N/c1-9-3-4-10(2)13(7-9)20-14-8-11(15(17,18)19)5-6-12(14)16/h5-6,8-10,13,20H,3-4,7H2,1-2H3. The Morgan fingerprint density at radius 2 is 1.90 bits per heavy atom. The van der Waals surface area contributed by atoms with Crippen molar-refractivity contribution in [2.24, 2.45) is 11.8 Å². The van der Waals surface area contributed by atoms with E-state index in [-0.39, 0.29) is 6.04 Å². The number of rotatable bonds is 2. The summed E-state index contributed by atoms with van der Waals surface area (Å²) in [6.45, 7) is 4.35. The number of hydrogen-bond donors (Lipinski definition) is 1. The van der Waals surface area contributed by atoms with Crippen molar-refractivity contribution in [1.29, 1.82) is 0 Å². The number of hydrogen-bond acceptors (Lipinski definition) is 1. The van der Waals surface area contributed by atoms with E-state index in [1.807, 2.05) is 0 Å². The van der Waals surface area contributed by atoms with Crippen molar-refractivity contribution in [1.82, 2.24) is 0 Å². The van der Waals surface area contributed by atoms with Crippen molar-refractivity contribution in [3.05, 3.63) is 28.2 Å². The third-order valence-electron chi connectivity index (χ3n) is 4.09. The topological polar surface area (TPSA) is 12.0 Å². The molecule has 1 saturated carbocycles. The Labute approximate surface area is 126 Å². The first-order valence-electron chi connectivity index (χ1n) is 6.90. The van der Waals surface area contributed by atoms with E-state index in [1.165, 1.54) is 18.6 Å². The van der Waals surface area contributed by atoms with E-state index < -0.39 is 11.7 Å². The van der Waals surface area contributed by atoms with Crippen LogP contribution >= 0.6 is 15.9 Å². The molecule has 0 aliphatic heterocycles. The summed E-state index contributed by atoms with van der Waals surface area (Å²) in [5, 5.41) is 3.29. The Hall–Kier alpha value is -0.710. The molecule has 1 aliphatic carbocycles. The van der Waals surface area contributed by atoms with E-state index in [4.69, 9.17) is 0 Å². The zero-order valence-corrected chi connectivity index (χ0v) is 13.2. The maximum atomic E-state index is 12.8. The van der Waals surface area contributed by atoms with Crippen LogP contribution in [0.15, 0.2) is 22.7 Å². The molecule has 0 radical (unpaired) electrons. The Morgan fingerprint density at radius 1 is 1.20 bits per heavy atom. The van der Waals surface area contributed by atoms with Crippen molar-refractivity contribution < 1.29 is 13.2 Å². The van der Waals surface area contributed by atoms with Gasteiger partial charge in [0.1, 0.15) is 0 Å². The van der Waals surface area contributed by atoms with E-state index in [0.717, 1.165) is 18.9 Å². The molecule has 1 aromatic carbocycles. The van der Waals surface area contributed by atoms with Crippen LogP contribution in [0.4, 0.5) is 18.9 Å². The zero-order valence-electron chi connectivity index (χ0n) is 11.6. The molecule has 2 rings (SSSR count). The van der Waals surface area contributed by atoms with Gasteiger partial charge in [-0.2, -0.15) is 13.2 Å². The molecule has 5 heteroatoms. The fourth-order valence-corrected chi connectivity index (χ4v) is 3.11. The van der Waals surface area contributed by atoms with Crippen LogP contribution in [-0.2, 0) is 6.18 Å². The first-order chi connectivity index (χ1) is 9.27. The molecule has 112 valence electrons. The summed E-state index contributed by atoms with van der Waals surface area (Å²) in [7, 11) is 0. The van der Waals surface area contributed by atoms with Gasteiger partial charge in [-0.1, -0.05) is 20.3 Å². The highest BCUT2D eigenvalue weighted by Gasteiger charge is 2.32. The number of anilines is 1. The molecule has 20 heavy (non-hydrogen) atoms. The van der Waals surface area contributed by atoms with Crippen molar-refractivity contribution in [3.63, 3.8) is 0 Å². The quantitative estimate of drug-likeness (QED) is 0.721. The fourth-order valence-electron chi connectivity index (χ4n) is 2.75. The van der Waals surface area contributed by atoms with E-state index in [9.17, 15) is 13.2 Å². The third-order valence-corrected chi connectivity index (χ3v) is 4.78. The average molecular weight is 350 g/mol. The summed E-state index contributed by atoms with van der Waals surface area (Å²) < 4.78 is 39.0. The second kappa shape index (κ2) is 5.96. The van der Waals surface area contributed by atoms with Crippen molar-refractivity contribution in [3.8, 4) is 0 Å². The highest BCUT2D eigenvalue weighted by atomic mass is 79.9. The molecule has 3 unspecified atom stereocenters. The minimum atomic E-state index is -4.30. The average Bonchev–Trinajstić information content (AvgIpc) is 2.35. The van der Waals surface area contributed by atoms with Gasteiger partial charge in [0.25, 0.3) is 0 Å². The van der Waals surface area contributed by atoms with E-state index in [2.05, 4.69) is 35.1 Å². The molecule has 1 aromatic rings. The smallest absolute Gasteiger partial charge is 0.381 e. The van der Waals surface area contributed by atoms with Gasteiger partial charge in [-0.05, 0) is 58.8 Å². The summed E-state index contributed by atoms with van der Waals surface area (Å²) in [5.41, 5.74) is -0.0783. The maximum absolute atomic E-state index is 12.8. The molecule has 0 amide bonds. The highest BCUT2D eigenvalue weighted by Crippen LogP contribution is 2.36. The molecular weight excluding hydrogens is 331 g/mol. The summed E-state index contributed by atoms with van der Waals surface area (Å²) >= 11 is 3.33. The number of nitrogens with one attached hydrogen (secondary N) is 1. The van der Waals surface area contributed by atoms with Crippen LogP contribution in [0, 0.1) is 11.8 Å². The second-order valence-corrected chi connectivity index (χ2v) is 6.69. The lowest BCUT2D eigenvalue weighted by atomic mass is 9.80. The number of halogens is 4. The summed E-state index contributed by atoms with van der Waals surface area (Å²) in [4.78, 5) is 0. The third kappa shape index (κ3) is 3.68. The monoisotopic (exact) mass is 349 g/mol. The predicted octanol–water partition coefficient (Wildman–Crippen LogP) is 5.70. The van der Waals surface area contributed by atoms with E-state index in [0.29, 0.717) is 22.0 Å². The van der Waals surface area contributed by atoms with Crippen LogP contribution in [0.2, 0.25) is 0 Å². The molecule has 1 nitrogen and oxygen atoms in total. The van der Waals surface area contributed by atoms with Crippen LogP contribution in [0.3, 0.4) is 0 Å². The Morgan fingerprint density at radius 3 is 2.55 bits per heavy atom. The van der Waals surface area contributed by atoms with Gasteiger partial charge in [0.2, 0.25) is 0 Å². The van der Waals surface area contributed by atoms with Gasteiger partial charge in [-0.15, -0.1) is 0 Å². The lowest BCUT2D eigenvalue weighted by Gasteiger charge is -2.34. The Bertz CT molecular complexity index is 473. The fraction of sp³-hybridized carbons (Fsp3) is 0.600. The minimum Gasteiger partial charge on any atom is -0.381 e. The summed E-state index contributed by atoms with van der Waals surface area (Å²) in [5.74, 6) is 1.10. The van der Waals surface area contributed by atoms with Crippen LogP contribution < -0.4 is 5.32 Å². The highest BCUT2D eigenvalue weighted by molar-refractivity contribution is 9.10. The molecule has 1 fully saturated rings. The molecule has 0 aromatic heterocycles. The van der Waals surface area contributed by atoms with Crippen LogP contribution in [0.25, 0.3) is 0 Å². The van der Waals surface area contributed by atoms with Crippen molar-refractivity contribution in [2.45, 2.75) is 45.3 Å². The van der Waals surface area contributed by atoms with Gasteiger partial charge in [0.05, 0.1) is 5.56 Å². The SMILES string of the molecule is CC1CCC(C)C(Nc2cc(C(F)(F)F)ccc2Br)C1. The molecule has 0 heterocycles. The van der Waals surface area contributed by atoms with Gasteiger partial charge in [0, 0.05) is 16.2 Å². The minimum absolute atomic E-state index is 0.235. The van der Waals surface area contributed by atoms with Crippen LogP contribution in [-0.4, -0.2) is 6.04 Å². The molecule has 0 bridgehead atoms. The first-order valence-corrected chi connectivity index (χ1v) is 7.70. The first kappa shape index (κ1) is 15.7. The van der Waals surface area contributed by atoms with Gasteiger partial charge in [-0.25, -0.2) is 0 Å². The zero-order chi connectivity index (χ0) is 14.9. The van der Waals surface area contributed by atoms with Gasteiger partial charge in [-0.3, -0.25) is 0 Å². The van der Waals surface area contributed by atoms with E-state index >= 15 is 0 Å². The van der Waals surface area contributed by atoms with Gasteiger partial charge >= 0.3 is 6.18 Å². The van der Waals surface area contributed by atoms with Crippen LogP contribution in [0.5, 0.6) is 0 Å². The number of alkyl halides is 3. The van der Waals surface area contributed by atoms with Gasteiger partial charge in [0.15, 0.2) is 0 Å². The predicted molar refractivity (Wildman–Crippen MR) is 78.7 cm³/mol. The molecule has 0 spiro atoms. The lowest BCUT2D eigenvalue weighted by Crippen LogP contribution is -2.33. The van der Waals surface area contributed by atoms with Crippen molar-refractivity contribution in [2.75, 3.05) is 5.32 Å². The van der Waals surface area contributed by atoms with Crippen molar-refractivity contribution >= 4 is 21.6 Å². The molecule has 1 aliphatic rings. The second-order valence-electron chi connectivity index (χ2n) is 5.84. The van der Waals surface area contributed by atoms with Crippen LogP contribution in [0.1, 0.15) is 38.7 Å². The van der Waals surface area contributed by atoms with Gasteiger partial charge < -0.3 is 5.32 Å². The summed E-state index contributed by atoms with van der Waals surface area (Å²) in [6.07, 6.45) is -0.981. The maximum Gasteiger partial charge on any atom is 0.416 e. The normalized spacial score (nSPS) is 27.4. The molecule has 0 saturated heterocycles. The molecule has 3 atom stereocenters. The Kier molecular flexibility index (Phi) is 4.67. The lowest BCUT2D eigenvalue weighted by molar-refractivity contribution is -0.137. The van der Waals surface area contributed by atoms with E-state index in [1.54, 1.807) is 0 Å². The summed E-state index contributed by atoms with van der Waals surface area (Å²) in [6, 6.07) is 3.99. The number of benzene rings is 1. The largest absolute Gasteiger partial charge is 0.416 e. The molecular formula is C15H19BrF3N.